The molecule has 0 radical (unpaired) electrons. The Kier molecular flexibility index (Phi) is 7.85. The first-order valence-corrected chi connectivity index (χ1v) is 9.36. The van der Waals surface area contributed by atoms with Crippen LogP contribution in [0.25, 0.3) is 6.08 Å². The lowest BCUT2D eigenvalue weighted by atomic mass is 9.98. The topological polar surface area (TPSA) is 82.1 Å². The van der Waals surface area contributed by atoms with Crippen molar-refractivity contribution >= 4 is 18.0 Å². The van der Waals surface area contributed by atoms with E-state index >= 15 is 0 Å². The standard InChI is InChI=1S/C21H28O6/c1-3-4-5-6-7-19(23)26-15-21(14-22)13-17(20(24)27-21)12-16-8-10-18(25-2)11-9-16/h8-12,22H,3-7,13-15H2,1-2H3/b17-12-. The van der Waals surface area contributed by atoms with Gasteiger partial charge in [0, 0.05) is 18.4 Å². The first kappa shape index (κ1) is 21.0. The molecule has 6 nitrogen and oxygen atoms in total. The van der Waals surface area contributed by atoms with Crippen molar-refractivity contribution in [2.75, 3.05) is 20.3 Å². The fourth-order valence-corrected chi connectivity index (χ4v) is 2.92. The van der Waals surface area contributed by atoms with E-state index in [4.69, 9.17) is 14.2 Å². The van der Waals surface area contributed by atoms with Gasteiger partial charge in [-0.2, -0.15) is 0 Å². The van der Waals surface area contributed by atoms with E-state index in [1.165, 1.54) is 0 Å². The molecule has 1 atom stereocenters. The minimum atomic E-state index is -1.20. The van der Waals surface area contributed by atoms with Gasteiger partial charge in [0.15, 0.2) is 5.60 Å². The maximum Gasteiger partial charge on any atom is 0.334 e. The van der Waals surface area contributed by atoms with Gasteiger partial charge in [0.1, 0.15) is 12.4 Å². The van der Waals surface area contributed by atoms with Crippen LogP contribution < -0.4 is 4.74 Å². The zero-order valence-electron chi connectivity index (χ0n) is 16.0. The second kappa shape index (κ2) is 10.1. The number of carbonyl (C=O) groups excluding carboxylic acids is 2. The average molecular weight is 376 g/mol. The second-order valence-electron chi connectivity index (χ2n) is 6.82. The fourth-order valence-electron chi connectivity index (χ4n) is 2.92. The number of rotatable bonds is 10. The summed E-state index contributed by atoms with van der Waals surface area (Å²) in [6.07, 6.45) is 6.20. The van der Waals surface area contributed by atoms with Gasteiger partial charge >= 0.3 is 11.9 Å². The van der Waals surface area contributed by atoms with Crippen molar-refractivity contribution in [1.29, 1.82) is 0 Å². The molecule has 27 heavy (non-hydrogen) atoms. The molecule has 1 unspecified atom stereocenters. The lowest BCUT2D eigenvalue weighted by Gasteiger charge is -2.24. The summed E-state index contributed by atoms with van der Waals surface area (Å²) in [7, 11) is 1.59. The highest BCUT2D eigenvalue weighted by Crippen LogP contribution is 2.32. The van der Waals surface area contributed by atoms with E-state index in [1.807, 2.05) is 12.1 Å². The third-order valence-electron chi connectivity index (χ3n) is 4.56. The van der Waals surface area contributed by atoms with Crippen molar-refractivity contribution < 1.29 is 28.9 Å². The van der Waals surface area contributed by atoms with Gasteiger partial charge in [0.2, 0.25) is 0 Å². The quantitative estimate of drug-likeness (QED) is 0.383. The van der Waals surface area contributed by atoms with Crippen molar-refractivity contribution in [2.45, 2.75) is 51.0 Å². The molecule has 1 saturated heterocycles. The Balaban J connectivity index is 1.94. The summed E-state index contributed by atoms with van der Waals surface area (Å²) in [5, 5.41) is 9.73. The fraction of sp³-hybridized carbons (Fsp3) is 0.524. The number of unbranched alkanes of at least 4 members (excludes halogenated alkanes) is 3. The smallest absolute Gasteiger partial charge is 0.334 e. The highest BCUT2D eigenvalue weighted by Gasteiger charge is 2.44. The van der Waals surface area contributed by atoms with Crippen LogP contribution in [-0.2, 0) is 19.1 Å². The predicted molar refractivity (Wildman–Crippen MR) is 101 cm³/mol. The number of hydrogen-bond acceptors (Lipinski definition) is 6. The third-order valence-corrected chi connectivity index (χ3v) is 4.56. The molecule has 1 aromatic rings. The SMILES string of the molecule is CCCCCCC(=O)OCC1(CO)C/C(=C/c2ccc(OC)cc2)C(=O)O1. The van der Waals surface area contributed by atoms with Gasteiger partial charge < -0.3 is 19.3 Å². The summed E-state index contributed by atoms with van der Waals surface area (Å²) in [5.41, 5.74) is 0.0618. The number of ether oxygens (including phenoxy) is 3. The van der Waals surface area contributed by atoms with Gasteiger partial charge in [0.25, 0.3) is 0 Å². The number of carbonyl (C=O) groups is 2. The van der Waals surface area contributed by atoms with Crippen LogP contribution in [0, 0.1) is 0 Å². The number of cyclic esters (lactones) is 1. The molecule has 0 bridgehead atoms. The molecular weight excluding hydrogens is 348 g/mol. The number of aliphatic hydroxyl groups is 1. The van der Waals surface area contributed by atoms with E-state index < -0.39 is 18.2 Å². The summed E-state index contributed by atoms with van der Waals surface area (Å²) in [4.78, 5) is 24.1. The molecular formula is C21H28O6. The maximum atomic E-state index is 12.2. The summed E-state index contributed by atoms with van der Waals surface area (Å²) < 4.78 is 15.7. The molecule has 0 aromatic heterocycles. The van der Waals surface area contributed by atoms with Crippen molar-refractivity contribution in [3.63, 3.8) is 0 Å². The Bertz CT molecular complexity index is 664. The molecule has 1 aromatic carbocycles. The molecule has 0 amide bonds. The van der Waals surface area contributed by atoms with Crippen LogP contribution in [0.3, 0.4) is 0 Å². The number of esters is 2. The Morgan fingerprint density at radius 3 is 2.63 bits per heavy atom. The van der Waals surface area contributed by atoms with E-state index in [1.54, 1.807) is 25.3 Å². The van der Waals surface area contributed by atoms with Gasteiger partial charge in [-0.05, 0) is 30.2 Å². The summed E-state index contributed by atoms with van der Waals surface area (Å²) in [5.74, 6) is -0.108. The molecule has 1 aliphatic heterocycles. The minimum absolute atomic E-state index is 0.137. The number of methoxy groups -OCH3 is 1. The Hall–Kier alpha value is -2.34. The zero-order chi connectivity index (χ0) is 19.7. The first-order valence-electron chi connectivity index (χ1n) is 9.36. The number of hydrogen-bond donors (Lipinski definition) is 1. The second-order valence-corrected chi connectivity index (χ2v) is 6.82. The molecule has 1 heterocycles. The van der Waals surface area contributed by atoms with E-state index in [0.29, 0.717) is 12.0 Å². The average Bonchev–Trinajstić information content (AvgIpc) is 3.00. The van der Waals surface area contributed by atoms with Crippen LogP contribution >= 0.6 is 0 Å². The van der Waals surface area contributed by atoms with Crippen LogP contribution in [0.2, 0.25) is 0 Å². The van der Waals surface area contributed by atoms with Crippen molar-refractivity contribution in [3.8, 4) is 5.75 Å². The molecule has 148 valence electrons. The Morgan fingerprint density at radius 1 is 1.26 bits per heavy atom. The normalized spacial score (nSPS) is 20.6. The Morgan fingerprint density at radius 2 is 2.00 bits per heavy atom. The molecule has 0 spiro atoms. The van der Waals surface area contributed by atoms with E-state index in [9.17, 15) is 14.7 Å². The van der Waals surface area contributed by atoms with Crippen molar-refractivity contribution in [2.24, 2.45) is 0 Å². The molecule has 2 rings (SSSR count). The molecule has 0 aliphatic carbocycles. The van der Waals surface area contributed by atoms with Crippen molar-refractivity contribution in [3.05, 3.63) is 35.4 Å². The van der Waals surface area contributed by atoms with E-state index in [0.717, 1.165) is 37.0 Å². The largest absolute Gasteiger partial charge is 0.497 e. The van der Waals surface area contributed by atoms with Gasteiger partial charge in [-0.25, -0.2) is 4.79 Å². The highest BCUT2D eigenvalue weighted by atomic mass is 16.6. The number of aliphatic hydroxyl groups excluding tert-OH is 1. The van der Waals surface area contributed by atoms with Gasteiger partial charge in [0.05, 0.1) is 13.7 Å². The zero-order valence-corrected chi connectivity index (χ0v) is 16.0. The molecule has 0 saturated carbocycles. The van der Waals surface area contributed by atoms with Crippen LogP contribution in [0.1, 0.15) is 51.0 Å². The first-order chi connectivity index (χ1) is 13.0. The van der Waals surface area contributed by atoms with E-state index in [-0.39, 0.29) is 19.0 Å². The van der Waals surface area contributed by atoms with Crippen LogP contribution in [0.4, 0.5) is 0 Å². The van der Waals surface area contributed by atoms with Crippen molar-refractivity contribution in [1.82, 2.24) is 0 Å². The summed E-state index contributed by atoms with van der Waals surface area (Å²) in [6, 6.07) is 7.25. The third kappa shape index (κ3) is 6.10. The predicted octanol–water partition coefficient (Wildman–Crippen LogP) is 3.27. The highest BCUT2D eigenvalue weighted by molar-refractivity contribution is 5.96. The van der Waals surface area contributed by atoms with Gasteiger partial charge in [-0.1, -0.05) is 38.3 Å². The van der Waals surface area contributed by atoms with Crippen LogP contribution in [-0.4, -0.2) is 43.0 Å². The van der Waals surface area contributed by atoms with Crippen LogP contribution in [0.15, 0.2) is 29.8 Å². The van der Waals surface area contributed by atoms with E-state index in [2.05, 4.69) is 6.92 Å². The maximum absolute atomic E-state index is 12.2. The van der Waals surface area contributed by atoms with Gasteiger partial charge in [-0.15, -0.1) is 0 Å². The van der Waals surface area contributed by atoms with Crippen LogP contribution in [0.5, 0.6) is 5.75 Å². The summed E-state index contributed by atoms with van der Waals surface area (Å²) in [6.45, 7) is 1.57. The molecule has 1 aliphatic rings. The summed E-state index contributed by atoms with van der Waals surface area (Å²) >= 11 is 0. The Labute approximate surface area is 160 Å². The molecule has 1 N–H and O–H groups in total. The lowest BCUT2D eigenvalue weighted by molar-refractivity contribution is -0.166. The van der Waals surface area contributed by atoms with Gasteiger partial charge in [-0.3, -0.25) is 4.79 Å². The monoisotopic (exact) mass is 376 g/mol. The molecule has 6 heteroatoms. The molecule has 1 fully saturated rings. The lowest BCUT2D eigenvalue weighted by Crippen LogP contribution is -2.39. The number of benzene rings is 1. The minimum Gasteiger partial charge on any atom is -0.497 e.